The fourth-order valence-electron chi connectivity index (χ4n) is 3.06. The summed E-state index contributed by atoms with van der Waals surface area (Å²) < 4.78 is 19.0. The van der Waals surface area contributed by atoms with Gasteiger partial charge in [-0.3, -0.25) is 9.59 Å². The van der Waals surface area contributed by atoms with E-state index in [9.17, 15) is 14.0 Å². The number of carbonyl (C=O) groups excluding carboxylic acids is 2. The summed E-state index contributed by atoms with van der Waals surface area (Å²) in [6.45, 7) is 3.66. The summed E-state index contributed by atoms with van der Waals surface area (Å²) in [5.74, 6) is -1.00. The molecule has 2 heterocycles. The van der Waals surface area contributed by atoms with E-state index in [0.29, 0.717) is 24.4 Å². The number of nitrogens with one attached hydrogen (secondary N) is 3. The summed E-state index contributed by atoms with van der Waals surface area (Å²) >= 11 is 5.90. The van der Waals surface area contributed by atoms with Crippen molar-refractivity contribution < 1.29 is 18.5 Å². The molecule has 11 heteroatoms. The lowest BCUT2D eigenvalue weighted by Gasteiger charge is -2.16. The molecule has 9 nitrogen and oxygen atoms in total. The maximum absolute atomic E-state index is 13.9. The topological polar surface area (TPSA) is 135 Å². The normalized spacial score (nSPS) is 11.9. The van der Waals surface area contributed by atoms with Gasteiger partial charge in [0.15, 0.2) is 0 Å². The third-order valence-corrected chi connectivity index (χ3v) is 4.99. The minimum absolute atomic E-state index is 0.0704. The Hall–Kier alpha value is -3.50. The van der Waals surface area contributed by atoms with E-state index in [0.717, 1.165) is 17.3 Å². The number of hydrazine groups is 1. The number of aromatic nitrogens is 2. The van der Waals surface area contributed by atoms with Gasteiger partial charge >= 0.3 is 0 Å². The first kappa shape index (κ1) is 23.2. The number of rotatable bonds is 8. The van der Waals surface area contributed by atoms with Gasteiger partial charge in [-0.25, -0.2) is 14.8 Å². The molecule has 2 amide bonds. The lowest BCUT2D eigenvalue weighted by atomic mass is 10.1. The molecular weight excluding hydrogens is 439 g/mol. The first-order chi connectivity index (χ1) is 15.2. The van der Waals surface area contributed by atoms with E-state index in [-0.39, 0.29) is 27.2 Å². The van der Waals surface area contributed by atoms with Gasteiger partial charge in [-0.2, -0.15) is 0 Å². The molecule has 5 N–H and O–H groups in total. The molecule has 0 unspecified atom stereocenters. The van der Waals surface area contributed by atoms with Crippen molar-refractivity contribution in [2.24, 2.45) is 5.73 Å². The fourth-order valence-corrected chi connectivity index (χ4v) is 3.23. The smallest absolute Gasteiger partial charge is 0.267 e. The monoisotopic (exact) mass is 460 g/mol. The van der Waals surface area contributed by atoms with Gasteiger partial charge in [-0.1, -0.05) is 16.8 Å². The predicted octanol–water partition coefficient (Wildman–Crippen LogP) is 2.74. The standard InChI is InChI=1S/C21H22ClFN6O3/c1-10(4-5-12-6-11(2)32-29-12)20(28-25-3)27-21(31)14-8-18(19(24)30)26-17-9-16(23)15(22)7-13(14)17/h6-9,25,28H,4-5H2,1-3H3,(H2,24,30)(H,27,31)/b20-10-. The lowest BCUT2D eigenvalue weighted by molar-refractivity contribution is 0.0963. The van der Waals surface area contributed by atoms with Gasteiger partial charge in [-0.15, -0.1) is 0 Å². The van der Waals surface area contributed by atoms with Crippen molar-refractivity contribution in [2.75, 3.05) is 7.05 Å². The fraction of sp³-hybridized carbons (Fsp3) is 0.238. The highest BCUT2D eigenvalue weighted by molar-refractivity contribution is 6.31. The van der Waals surface area contributed by atoms with E-state index in [1.54, 1.807) is 7.05 Å². The Bertz CT molecular complexity index is 1220. The van der Waals surface area contributed by atoms with Crippen molar-refractivity contribution in [2.45, 2.75) is 26.7 Å². The molecule has 2 aromatic heterocycles. The van der Waals surface area contributed by atoms with Crippen molar-refractivity contribution >= 4 is 34.3 Å². The molecule has 0 spiro atoms. The number of fused-ring (bicyclic) bond motifs is 1. The van der Waals surface area contributed by atoms with Crippen LogP contribution >= 0.6 is 11.6 Å². The number of aryl methyl sites for hydroxylation is 2. The molecule has 0 radical (unpaired) electrons. The van der Waals surface area contributed by atoms with Crippen LogP contribution in [0.25, 0.3) is 10.9 Å². The highest BCUT2D eigenvalue weighted by Gasteiger charge is 2.19. The van der Waals surface area contributed by atoms with E-state index < -0.39 is 17.6 Å². The van der Waals surface area contributed by atoms with E-state index in [1.807, 2.05) is 19.9 Å². The molecule has 32 heavy (non-hydrogen) atoms. The largest absolute Gasteiger partial charge is 0.364 e. The summed E-state index contributed by atoms with van der Waals surface area (Å²) in [6, 6.07) is 5.43. The Balaban J connectivity index is 1.95. The highest BCUT2D eigenvalue weighted by atomic mass is 35.5. The Morgan fingerprint density at radius 2 is 2.00 bits per heavy atom. The Kier molecular flexibility index (Phi) is 7.06. The van der Waals surface area contributed by atoms with Crippen molar-refractivity contribution in [3.05, 3.63) is 69.2 Å². The van der Waals surface area contributed by atoms with Gasteiger partial charge in [0.25, 0.3) is 11.8 Å². The van der Waals surface area contributed by atoms with Crippen LogP contribution in [-0.2, 0) is 6.42 Å². The van der Waals surface area contributed by atoms with E-state index in [2.05, 4.69) is 26.3 Å². The minimum atomic E-state index is -0.848. The molecule has 0 atom stereocenters. The first-order valence-electron chi connectivity index (χ1n) is 9.65. The summed E-state index contributed by atoms with van der Waals surface area (Å²) in [6.07, 6.45) is 1.18. The molecule has 0 aliphatic rings. The zero-order valence-electron chi connectivity index (χ0n) is 17.7. The van der Waals surface area contributed by atoms with Crippen molar-refractivity contribution in [1.82, 2.24) is 26.3 Å². The van der Waals surface area contributed by atoms with Crippen molar-refractivity contribution in [3.63, 3.8) is 0 Å². The number of nitrogens with two attached hydrogens (primary N) is 1. The maximum Gasteiger partial charge on any atom is 0.267 e. The molecule has 3 aromatic rings. The number of nitrogens with zero attached hydrogens (tertiary/aromatic N) is 2. The SMILES string of the molecule is CNN/C(NC(=O)c1cc(C(N)=O)nc2cc(F)c(Cl)cc12)=C(/C)CCc1cc(C)on1. The average molecular weight is 461 g/mol. The van der Waals surface area contributed by atoms with Gasteiger partial charge in [0.1, 0.15) is 23.1 Å². The van der Waals surface area contributed by atoms with Gasteiger partial charge in [0.05, 0.1) is 21.8 Å². The van der Waals surface area contributed by atoms with Crippen LogP contribution in [0.1, 0.15) is 45.6 Å². The van der Waals surface area contributed by atoms with E-state index in [1.165, 1.54) is 12.1 Å². The van der Waals surface area contributed by atoms with Crippen LogP contribution < -0.4 is 21.9 Å². The van der Waals surface area contributed by atoms with Crippen LogP contribution in [0, 0.1) is 12.7 Å². The lowest BCUT2D eigenvalue weighted by Crippen LogP contribution is -2.38. The van der Waals surface area contributed by atoms with Crippen LogP contribution in [-0.4, -0.2) is 29.0 Å². The second-order valence-electron chi connectivity index (χ2n) is 7.12. The Morgan fingerprint density at radius 3 is 2.62 bits per heavy atom. The van der Waals surface area contributed by atoms with Crippen LogP contribution in [0.4, 0.5) is 4.39 Å². The number of carbonyl (C=O) groups is 2. The third kappa shape index (κ3) is 5.21. The first-order valence-corrected chi connectivity index (χ1v) is 10.0. The molecule has 0 saturated carbocycles. The number of hydrogen-bond donors (Lipinski definition) is 4. The molecule has 0 aliphatic heterocycles. The number of benzene rings is 1. The Labute approximate surface area is 188 Å². The summed E-state index contributed by atoms with van der Waals surface area (Å²) in [5, 5.41) is 6.84. The molecule has 0 aliphatic carbocycles. The molecule has 0 fully saturated rings. The summed E-state index contributed by atoms with van der Waals surface area (Å²) in [7, 11) is 1.65. The number of hydrogen-bond acceptors (Lipinski definition) is 7. The second kappa shape index (κ2) is 9.75. The van der Waals surface area contributed by atoms with Crippen molar-refractivity contribution in [3.8, 4) is 0 Å². The van der Waals surface area contributed by atoms with Crippen LogP contribution in [0.15, 0.2) is 40.2 Å². The number of halogens is 2. The summed E-state index contributed by atoms with van der Waals surface area (Å²) in [5.41, 5.74) is 12.6. The van der Waals surface area contributed by atoms with Gasteiger partial charge in [0.2, 0.25) is 0 Å². The molecule has 3 rings (SSSR count). The molecular formula is C21H22ClFN6O3. The predicted molar refractivity (Wildman–Crippen MR) is 117 cm³/mol. The Morgan fingerprint density at radius 1 is 1.25 bits per heavy atom. The number of amides is 2. The van der Waals surface area contributed by atoms with Crippen molar-refractivity contribution in [1.29, 1.82) is 0 Å². The molecule has 0 bridgehead atoms. The van der Waals surface area contributed by atoms with Gasteiger partial charge in [0, 0.05) is 24.6 Å². The maximum atomic E-state index is 13.9. The second-order valence-corrected chi connectivity index (χ2v) is 7.52. The number of pyridine rings is 1. The zero-order valence-corrected chi connectivity index (χ0v) is 18.4. The molecule has 1 aromatic carbocycles. The summed E-state index contributed by atoms with van der Waals surface area (Å²) in [4.78, 5) is 28.9. The quantitative estimate of drug-likeness (QED) is 0.379. The van der Waals surface area contributed by atoms with E-state index >= 15 is 0 Å². The van der Waals surface area contributed by atoms with Crippen LogP contribution in [0.3, 0.4) is 0 Å². The highest BCUT2D eigenvalue weighted by Crippen LogP contribution is 2.25. The number of allylic oxidation sites excluding steroid dienone is 1. The zero-order chi connectivity index (χ0) is 23.4. The molecule has 168 valence electrons. The average Bonchev–Trinajstić information content (AvgIpc) is 3.16. The van der Waals surface area contributed by atoms with Crippen LogP contribution in [0.5, 0.6) is 0 Å². The van der Waals surface area contributed by atoms with Gasteiger partial charge < -0.3 is 21.0 Å². The van der Waals surface area contributed by atoms with Crippen LogP contribution in [0.2, 0.25) is 5.02 Å². The third-order valence-electron chi connectivity index (χ3n) is 4.70. The molecule has 0 saturated heterocycles. The minimum Gasteiger partial charge on any atom is -0.364 e. The van der Waals surface area contributed by atoms with Gasteiger partial charge in [-0.05, 0) is 44.4 Å². The van der Waals surface area contributed by atoms with E-state index in [4.69, 9.17) is 21.9 Å². The number of primary amides is 1.